The lowest BCUT2D eigenvalue weighted by Gasteiger charge is -1.98. The van der Waals surface area contributed by atoms with Gasteiger partial charge in [0, 0.05) is 0 Å². The summed E-state index contributed by atoms with van der Waals surface area (Å²) in [7, 11) is 1.67. The molecule has 1 heteroatoms. The SMILES string of the molecule is [CH2]C/C=C/c1ccc(OC)cc1. The van der Waals surface area contributed by atoms with Crippen molar-refractivity contribution in [2.24, 2.45) is 0 Å². The molecule has 0 aliphatic heterocycles. The van der Waals surface area contributed by atoms with E-state index in [1.807, 2.05) is 36.4 Å². The van der Waals surface area contributed by atoms with Gasteiger partial charge in [-0.3, -0.25) is 0 Å². The van der Waals surface area contributed by atoms with Gasteiger partial charge in [0.2, 0.25) is 0 Å². The molecule has 0 N–H and O–H groups in total. The van der Waals surface area contributed by atoms with Gasteiger partial charge in [0.15, 0.2) is 0 Å². The van der Waals surface area contributed by atoms with Gasteiger partial charge in [-0.15, -0.1) is 0 Å². The van der Waals surface area contributed by atoms with Gasteiger partial charge < -0.3 is 4.74 Å². The van der Waals surface area contributed by atoms with Crippen LogP contribution in [0.25, 0.3) is 6.08 Å². The molecule has 0 bridgehead atoms. The highest BCUT2D eigenvalue weighted by Gasteiger charge is 1.88. The van der Waals surface area contributed by atoms with Crippen molar-refractivity contribution in [3.63, 3.8) is 0 Å². The fraction of sp³-hybridized carbons (Fsp3) is 0.182. The number of rotatable bonds is 3. The molecule has 0 amide bonds. The zero-order valence-electron chi connectivity index (χ0n) is 7.29. The van der Waals surface area contributed by atoms with E-state index in [0.29, 0.717) is 0 Å². The number of benzene rings is 1. The third-order valence-corrected chi connectivity index (χ3v) is 1.59. The molecule has 0 spiro atoms. The van der Waals surface area contributed by atoms with E-state index in [1.54, 1.807) is 7.11 Å². The van der Waals surface area contributed by atoms with Gasteiger partial charge in [-0.1, -0.05) is 24.3 Å². The minimum absolute atomic E-state index is 0.825. The quantitative estimate of drug-likeness (QED) is 0.662. The van der Waals surface area contributed by atoms with Crippen LogP contribution in [-0.2, 0) is 0 Å². The van der Waals surface area contributed by atoms with E-state index in [0.717, 1.165) is 12.2 Å². The Labute approximate surface area is 73.7 Å². The summed E-state index contributed by atoms with van der Waals surface area (Å²) in [6, 6.07) is 7.93. The fourth-order valence-corrected chi connectivity index (χ4v) is 0.934. The van der Waals surface area contributed by atoms with Gasteiger partial charge in [0.1, 0.15) is 5.75 Å². The number of allylic oxidation sites excluding steroid dienone is 1. The fourth-order valence-electron chi connectivity index (χ4n) is 0.934. The summed E-state index contributed by atoms with van der Waals surface area (Å²) in [6.45, 7) is 3.72. The van der Waals surface area contributed by atoms with Crippen molar-refractivity contribution in [3.05, 3.63) is 42.8 Å². The molecule has 0 fully saturated rings. The summed E-state index contributed by atoms with van der Waals surface area (Å²) < 4.78 is 5.04. The Morgan fingerprint density at radius 1 is 1.33 bits per heavy atom. The lowest BCUT2D eigenvalue weighted by molar-refractivity contribution is 0.415. The summed E-state index contributed by atoms with van der Waals surface area (Å²) in [5.41, 5.74) is 1.18. The first-order valence-electron chi connectivity index (χ1n) is 3.96. The highest BCUT2D eigenvalue weighted by Crippen LogP contribution is 2.12. The molecule has 1 rings (SSSR count). The third kappa shape index (κ3) is 2.42. The Kier molecular flexibility index (Phi) is 3.39. The van der Waals surface area contributed by atoms with E-state index in [1.165, 1.54) is 5.56 Å². The van der Waals surface area contributed by atoms with Crippen LogP contribution in [0.15, 0.2) is 30.3 Å². The van der Waals surface area contributed by atoms with E-state index < -0.39 is 0 Å². The molecular weight excluding hydrogens is 148 g/mol. The van der Waals surface area contributed by atoms with Crippen LogP contribution in [0.1, 0.15) is 12.0 Å². The average Bonchev–Trinajstić information content (AvgIpc) is 2.15. The predicted octanol–water partition coefficient (Wildman–Crippen LogP) is 2.93. The Hall–Kier alpha value is -1.24. The first kappa shape index (κ1) is 8.85. The number of hydrogen-bond donors (Lipinski definition) is 0. The van der Waals surface area contributed by atoms with Gasteiger partial charge in [0.05, 0.1) is 7.11 Å². The maximum atomic E-state index is 5.04. The van der Waals surface area contributed by atoms with Gasteiger partial charge in [-0.05, 0) is 31.0 Å². The average molecular weight is 161 g/mol. The largest absolute Gasteiger partial charge is 0.497 e. The van der Waals surface area contributed by atoms with E-state index in [9.17, 15) is 0 Å². The van der Waals surface area contributed by atoms with Crippen LogP contribution in [0.5, 0.6) is 5.75 Å². The first-order chi connectivity index (χ1) is 5.86. The maximum absolute atomic E-state index is 5.04. The van der Waals surface area contributed by atoms with Gasteiger partial charge >= 0.3 is 0 Å². The topological polar surface area (TPSA) is 9.23 Å². The Balaban J connectivity index is 2.71. The lowest BCUT2D eigenvalue weighted by atomic mass is 10.2. The van der Waals surface area contributed by atoms with Crippen LogP contribution in [0.4, 0.5) is 0 Å². The summed E-state index contributed by atoms with van der Waals surface area (Å²) in [6.07, 6.45) is 4.90. The molecule has 1 radical (unpaired) electrons. The molecule has 0 saturated carbocycles. The summed E-state index contributed by atoms with van der Waals surface area (Å²) in [4.78, 5) is 0. The molecule has 0 aromatic heterocycles. The third-order valence-electron chi connectivity index (χ3n) is 1.59. The normalized spacial score (nSPS) is 10.5. The molecule has 0 aliphatic rings. The smallest absolute Gasteiger partial charge is 0.118 e. The second kappa shape index (κ2) is 4.60. The van der Waals surface area contributed by atoms with Crippen LogP contribution < -0.4 is 4.74 Å². The van der Waals surface area contributed by atoms with Crippen molar-refractivity contribution in [1.82, 2.24) is 0 Å². The van der Waals surface area contributed by atoms with Crippen LogP contribution in [0.2, 0.25) is 0 Å². The van der Waals surface area contributed by atoms with Crippen molar-refractivity contribution < 1.29 is 4.74 Å². The molecule has 1 aromatic carbocycles. The van der Waals surface area contributed by atoms with Crippen molar-refractivity contribution in [2.45, 2.75) is 6.42 Å². The summed E-state index contributed by atoms with van der Waals surface area (Å²) >= 11 is 0. The highest BCUT2D eigenvalue weighted by atomic mass is 16.5. The molecule has 1 nitrogen and oxygen atoms in total. The Morgan fingerprint density at radius 3 is 2.50 bits per heavy atom. The molecule has 0 saturated heterocycles. The molecule has 0 aliphatic carbocycles. The van der Waals surface area contributed by atoms with Crippen LogP contribution in [0, 0.1) is 6.92 Å². The van der Waals surface area contributed by atoms with Gasteiger partial charge in [-0.2, -0.15) is 0 Å². The lowest BCUT2D eigenvalue weighted by Crippen LogP contribution is -1.81. The van der Waals surface area contributed by atoms with E-state index in [-0.39, 0.29) is 0 Å². The summed E-state index contributed by atoms with van der Waals surface area (Å²) in [5, 5.41) is 0. The predicted molar refractivity (Wildman–Crippen MR) is 52.0 cm³/mol. The van der Waals surface area contributed by atoms with Crippen molar-refractivity contribution >= 4 is 6.08 Å². The highest BCUT2D eigenvalue weighted by molar-refractivity contribution is 5.50. The molecule has 1 aromatic rings. The minimum Gasteiger partial charge on any atom is -0.497 e. The summed E-state index contributed by atoms with van der Waals surface area (Å²) in [5.74, 6) is 0.891. The van der Waals surface area contributed by atoms with Crippen molar-refractivity contribution in [3.8, 4) is 5.75 Å². The number of ether oxygens (including phenoxy) is 1. The van der Waals surface area contributed by atoms with Crippen molar-refractivity contribution in [2.75, 3.05) is 7.11 Å². The molecule has 0 atom stereocenters. The minimum atomic E-state index is 0.825. The zero-order valence-corrected chi connectivity index (χ0v) is 7.29. The van der Waals surface area contributed by atoms with Crippen molar-refractivity contribution in [1.29, 1.82) is 0 Å². The van der Waals surface area contributed by atoms with E-state index >= 15 is 0 Å². The zero-order chi connectivity index (χ0) is 8.81. The maximum Gasteiger partial charge on any atom is 0.118 e. The standard InChI is InChI=1S/C11H13O/c1-3-4-5-10-6-8-11(12-2)9-7-10/h4-9H,1,3H2,2H3/b5-4+. The van der Waals surface area contributed by atoms with Crippen LogP contribution >= 0.6 is 0 Å². The van der Waals surface area contributed by atoms with E-state index in [2.05, 4.69) is 6.92 Å². The Morgan fingerprint density at radius 2 is 2.00 bits per heavy atom. The second-order valence-corrected chi connectivity index (χ2v) is 2.46. The Bertz CT molecular complexity index is 246. The van der Waals surface area contributed by atoms with Crippen LogP contribution in [-0.4, -0.2) is 7.11 Å². The molecule has 0 unspecified atom stereocenters. The molecule has 0 heterocycles. The monoisotopic (exact) mass is 161 g/mol. The first-order valence-corrected chi connectivity index (χ1v) is 3.96. The molecular formula is C11H13O. The molecule has 12 heavy (non-hydrogen) atoms. The second-order valence-electron chi connectivity index (χ2n) is 2.46. The number of methoxy groups -OCH3 is 1. The van der Waals surface area contributed by atoms with E-state index in [4.69, 9.17) is 4.74 Å². The molecule has 63 valence electrons. The van der Waals surface area contributed by atoms with Crippen LogP contribution in [0.3, 0.4) is 0 Å². The van der Waals surface area contributed by atoms with Gasteiger partial charge in [-0.25, -0.2) is 0 Å². The number of hydrogen-bond acceptors (Lipinski definition) is 1. The van der Waals surface area contributed by atoms with Gasteiger partial charge in [0.25, 0.3) is 0 Å².